The van der Waals surface area contributed by atoms with Gasteiger partial charge in [0.15, 0.2) is 0 Å². The number of piperidine rings is 1. The highest BCUT2D eigenvalue weighted by Crippen LogP contribution is 2.21. The SMILES string of the molecule is CC(C)N1CCCCC1S. The number of rotatable bonds is 1. The molecule has 0 aliphatic carbocycles. The molecule has 1 unspecified atom stereocenters. The zero-order valence-corrected chi connectivity index (χ0v) is 7.77. The molecule has 0 aromatic rings. The first-order chi connectivity index (χ1) is 4.72. The second-order valence-electron chi connectivity index (χ2n) is 3.31. The molecule has 1 rings (SSSR count). The van der Waals surface area contributed by atoms with Crippen LogP contribution in [0.1, 0.15) is 33.1 Å². The van der Waals surface area contributed by atoms with E-state index in [2.05, 4.69) is 31.4 Å². The lowest BCUT2D eigenvalue weighted by atomic mass is 10.1. The fraction of sp³-hybridized carbons (Fsp3) is 1.00. The molecule has 0 bridgehead atoms. The number of nitrogens with zero attached hydrogens (tertiary/aromatic N) is 1. The van der Waals surface area contributed by atoms with Gasteiger partial charge in [-0.2, -0.15) is 12.6 Å². The van der Waals surface area contributed by atoms with Crippen molar-refractivity contribution < 1.29 is 0 Å². The Hall–Kier alpha value is 0.310. The molecule has 0 aromatic carbocycles. The van der Waals surface area contributed by atoms with Gasteiger partial charge in [-0.05, 0) is 39.7 Å². The smallest absolute Gasteiger partial charge is 0.0530 e. The van der Waals surface area contributed by atoms with E-state index in [0.717, 1.165) is 0 Å². The average Bonchev–Trinajstić information content (AvgIpc) is 1.88. The fourth-order valence-corrected chi connectivity index (χ4v) is 2.10. The minimum absolute atomic E-state index is 0.522. The van der Waals surface area contributed by atoms with Gasteiger partial charge in [-0.1, -0.05) is 0 Å². The lowest BCUT2D eigenvalue weighted by molar-refractivity contribution is 0.165. The highest BCUT2D eigenvalue weighted by atomic mass is 32.1. The van der Waals surface area contributed by atoms with E-state index in [1.165, 1.54) is 25.8 Å². The third-order valence-corrected chi connectivity index (χ3v) is 2.73. The van der Waals surface area contributed by atoms with E-state index < -0.39 is 0 Å². The van der Waals surface area contributed by atoms with Gasteiger partial charge < -0.3 is 0 Å². The van der Waals surface area contributed by atoms with Crippen LogP contribution in [-0.4, -0.2) is 22.9 Å². The molecule has 1 aliphatic rings. The predicted molar refractivity (Wildman–Crippen MR) is 48.5 cm³/mol. The van der Waals surface area contributed by atoms with Gasteiger partial charge in [0.25, 0.3) is 0 Å². The Balaban J connectivity index is 2.40. The zero-order valence-electron chi connectivity index (χ0n) is 6.88. The standard InChI is InChI=1S/C8H17NS/c1-7(2)9-6-4-3-5-8(9)10/h7-8,10H,3-6H2,1-2H3. The lowest BCUT2D eigenvalue weighted by Gasteiger charge is -2.35. The molecule has 1 aliphatic heterocycles. The molecule has 0 N–H and O–H groups in total. The first kappa shape index (κ1) is 8.41. The summed E-state index contributed by atoms with van der Waals surface area (Å²) in [6.07, 6.45) is 3.98. The Bertz CT molecular complexity index is 103. The molecule has 1 saturated heterocycles. The van der Waals surface area contributed by atoms with Crippen LogP contribution in [0.2, 0.25) is 0 Å². The molecular weight excluding hydrogens is 142 g/mol. The first-order valence-corrected chi connectivity index (χ1v) is 4.67. The summed E-state index contributed by atoms with van der Waals surface area (Å²) in [7, 11) is 0. The van der Waals surface area contributed by atoms with Crippen molar-refractivity contribution in [2.45, 2.75) is 44.5 Å². The molecule has 1 nitrogen and oxygen atoms in total. The van der Waals surface area contributed by atoms with Gasteiger partial charge in [0.05, 0.1) is 5.37 Å². The van der Waals surface area contributed by atoms with Crippen LogP contribution in [0, 0.1) is 0 Å². The van der Waals surface area contributed by atoms with Gasteiger partial charge in [0.1, 0.15) is 0 Å². The van der Waals surface area contributed by atoms with Crippen LogP contribution in [0.25, 0.3) is 0 Å². The van der Waals surface area contributed by atoms with E-state index >= 15 is 0 Å². The van der Waals surface area contributed by atoms with Gasteiger partial charge in [-0.25, -0.2) is 0 Å². The molecule has 1 heterocycles. The second kappa shape index (κ2) is 3.63. The topological polar surface area (TPSA) is 3.24 Å². The van der Waals surface area contributed by atoms with Crippen LogP contribution >= 0.6 is 12.6 Å². The Morgan fingerprint density at radius 3 is 2.50 bits per heavy atom. The van der Waals surface area contributed by atoms with Crippen molar-refractivity contribution >= 4 is 12.6 Å². The molecule has 60 valence electrons. The van der Waals surface area contributed by atoms with Gasteiger partial charge in [0.2, 0.25) is 0 Å². The number of hydrogen-bond acceptors (Lipinski definition) is 2. The summed E-state index contributed by atoms with van der Waals surface area (Å²) < 4.78 is 0. The van der Waals surface area contributed by atoms with Crippen LogP contribution in [0.5, 0.6) is 0 Å². The van der Waals surface area contributed by atoms with E-state index in [-0.39, 0.29) is 0 Å². The molecule has 2 heteroatoms. The van der Waals surface area contributed by atoms with Crippen LogP contribution in [0.15, 0.2) is 0 Å². The minimum Gasteiger partial charge on any atom is -0.289 e. The summed E-state index contributed by atoms with van der Waals surface area (Å²) in [4.78, 5) is 2.46. The highest BCUT2D eigenvalue weighted by Gasteiger charge is 2.20. The van der Waals surface area contributed by atoms with Crippen molar-refractivity contribution in [1.29, 1.82) is 0 Å². The summed E-state index contributed by atoms with van der Waals surface area (Å²) in [5, 5.41) is 0.522. The molecule has 10 heavy (non-hydrogen) atoms. The molecule has 0 spiro atoms. The number of thiol groups is 1. The number of likely N-dealkylation sites (tertiary alicyclic amines) is 1. The van der Waals surface area contributed by atoms with Gasteiger partial charge in [-0.15, -0.1) is 0 Å². The Morgan fingerprint density at radius 1 is 1.40 bits per heavy atom. The van der Waals surface area contributed by atoms with Gasteiger partial charge in [0, 0.05) is 6.04 Å². The molecule has 0 aromatic heterocycles. The largest absolute Gasteiger partial charge is 0.289 e. The van der Waals surface area contributed by atoms with E-state index in [0.29, 0.717) is 11.4 Å². The van der Waals surface area contributed by atoms with Crippen LogP contribution in [0.3, 0.4) is 0 Å². The van der Waals surface area contributed by atoms with Gasteiger partial charge >= 0.3 is 0 Å². The maximum absolute atomic E-state index is 4.52. The first-order valence-electron chi connectivity index (χ1n) is 4.15. The maximum atomic E-state index is 4.52. The molecule has 1 atom stereocenters. The molecule has 0 saturated carbocycles. The summed E-state index contributed by atoms with van der Waals surface area (Å²) in [5.74, 6) is 0. The van der Waals surface area contributed by atoms with Crippen molar-refractivity contribution in [1.82, 2.24) is 4.90 Å². The molecular formula is C8H17NS. The quantitative estimate of drug-likeness (QED) is 0.574. The van der Waals surface area contributed by atoms with Crippen molar-refractivity contribution in [2.75, 3.05) is 6.54 Å². The van der Waals surface area contributed by atoms with Crippen LogP contribution in [-0.2, 0) is 0 Å². The monoisotopic (exact) mass is 159 g/mol. The second-order valence-corrected chi connectivity index (χ2v) is 3.90. The summed E-state index contributed by atoms with van der Waals surface area (Å²) >= 11 is 4.52. The van der Waals surface area contributed by atoms with E-state index in [9.17, 15) is 0 Å². The Kier molecular flexibility index (Phi) is 3.05. The fourth-order valence-electron chi connectivity index (χ4n) is 1.54. The van der Waals surface area contributed by atoms with Crippen LogP contribution < -0.4 is 0 Å². The average molecular weight is 159 g/mol. The van der Waals surface area contributed by atoms with Crippen molar-refractivity contribution in [3.05, 3.63) is 0 Å². The lowest BCUT2D eigenvalue weighted by Crippen LogP contribution is -2.40. The van der Waals surface area contributed by atoms with Crippen LogP contribution in [0.4, 0.5) is 0 Å². The third kappa shape index (κ3) is 1.89. The summed E-state index contributed by atoms with van der Waals surface area (Å²) in [6, 6.07) is 0.669. The Morgan fingerprint density at radius 2 is 2.10 bits per heavy atom. The normalized spacial score (nSPS) is 29.4. The number of hydrogen-bond donors (Lipinski definition) is 1. The summed E-state index contributed by atoms with van der Waals surface area (Å²) in [5.41, 5.74) is 0. The summed E-state index contributed by atoms with van der Waals surface area (Å²) in [6.45, 7) is 5.73. The molecule has 1 fully saturated rings. The van der Waals surface area contributed by atoms with E-state index in [4.69, 9.17) is 0 Å². The zero-order chi connectivity index (χ0) is 7.56. The molecule has 0 amide bonds. The van der Waals surface area contributed by atoms with E-state index in [1.807, 2.05) is 0 Å². The van der Waals surface area contributed by atoms with E-state index in [1.54, 1.807) is 0 Å². The predicted octanol–water partition coefficient (Wildman–Crippen LogP) is 2.14. The Labute approximate surface area is 69.2 Å². The third-order valence-electron chi connectivity index (χ3n) is 2.17. The maximum Gasteiger partial charge on any atom is 0.0530 e. The highest BCUT2D eigenvalue weighted by molar-refractivity contribution is 7.80. The minimum atomic E-state index is 0.522. The van der Waals surface area contributed by atoms with Crippen molar-refractivity contribution in [3.63, 3.8) is 0 Å². The van der Waals surface area contributed by atoms with Crippen molar-refractivity contribution in [3.8, 4) is 0 Å². The van der Waals surface area contributed by atoms with Gasteiger partial charge in [-0.3, -0.25) is 4.90 Å². The van der Waals surface area contributed by atoms with Crippen molar-refractivity contribution in [2.24, 2.45) is 0 Å². The molecule has 0 radical (unpaired) electrons.